The highest BCUT2D eigenvalue weighted by Crippen LogP contribution is 2.15. The first-order chi connectivity index (χ1) is 12.9. The molecular weight excluding hydrogens is 316 g/mol. The largest absolute Gasteiger partial charge is 0.494 e. The Kier molecular flexibility index (Phi) is 15.1. The predicted molar refractivity (Wildman–Crippen MR) is 117 cm³/mol. The summed E-state index contributed by atoms with van der Waals surface area (Å²) >= 11 is 0. The molecule has 0 atom stereocenters. The van der Waals surface area contributed by atoms with Gasteiger partial charge in [0.25, 0.3) is 0 Å². The Morgan fingerprint density at radius 2 is 1.08 bits per heavy atom. The molecule has 0 aliphatic heterocycles. The van der Waals surface area contributed by atoms with Crippen LogP contribution in [0.1, 0.15) is 109 Å². The summed E-state index contributed by atoms with van der Waals surface area (Å²) in [5.41, 5.74) is 1.14. The minimum Gasteiger partial charge on any atom is -0.494 e. The Bertz CT molecular complexity index is 420. The lowest BCUT2D eigenvalue weighted by Gasteiger charge is -2.06. The van der Waals surface area contributed by atoms with Gasteiger partial charge in [0.15, 0.2) is 0 Å². The highest BCUT2D eigenvalue weighted by molar-refractivity contribution is 5.48. The van der Waals surface area contributed by atoms with Gasteiger partial charge in [0.1, 0.15) is 5.75 Å². The van der Waals surface area contributed by atoms with Gasteiger partial charge < -0.3 is 4.74 Å². The van der Waals surface area contributed by atoms with Crippen LogP contribution in [0.25, 0.3) is 6.08 Å². The molecule has 0 radical (unpaired) electrons. The Labute approximate surface area is 163 Å². The highest BCUT2D eigenvalue weighted by atomic mass is 16.5. The fourth-order valence-electron chi connectivity index (χ4n) is 3.36. The first-order valence-corrected chi connectivity index (χ1v) is 11.2. The van der Waals surface area contributed by atoms with E-state index in [-0.39, 0.29) is 0 Å². The number of hydrogen-bond acceptors (Lipinski definition) is 1. The Hall–Kier alpha value is -1.24. The Morgan fingerprint density at radius 3 is 1.50 bits per heavy atom. The molecule has 0 spiro atoms. The van der Waals surface area contributed by atoms with Gasteiger partial charge in [-0.15, -0.1) is 0 Å². The number of benzene rings is 1. The molecule has 1 heteroatoms. The van der Waals surface area contributed by atoms with Crippen molar-refractivity contribution in [1.29, 1.82) is 0 Å². The molecule has 0 aromatic heterocycles. The van der Waals surface area contributed by atoms with Gasteiger partial charge in [-0.1, -0.05) is 122 Å². The minimum atomic E-state index is 0.839. The van der Waals surface area contributed by atoms with E-state index in [0.29, 0.717) is 0 Å². The van der Waals surface area contributed by atoms with Crippen LogP contribution in [-0.4, -0.2) is 6.61 Å². The molecule has 0 saturated heterocycles. The first kappa shape index (κ1) is 22.8. The number of unbranched alkanes of at least 4 members (excludes halogenated alkanes) is 14. The molecule has 1 aromatic rings. The molecule has 1 nitrogen and oxygen atoms in total. The lowest BCUT2D eigenvalue weighted by molar-refractivity contribution is 0.304. The van der Waals surface area contributed by atoms with Crippen LogP contribution in [0.5, 0.6) is 5.75 Å². The van der Waals surface area contributed by atoms with Crippen LogP contribution in [0.4, 0.5) is 0 Å². The van der Waals surface area contributed by atoms with Crippen LogP contribution in [0.15, 0.2) is 30.8 Å². The second kappa shape index (κ2) is 17.2. The third-order valence-corrected chi connectivity index (χ3v) is 5.13. The molecule has 0 heterocycles. The maximum atomic E-state index is 5.78. The van der Waals surface area contributed by atoms with Gasteiger partial charge in [-0.3, -0.25) is 0 Å². The van der Waals surface area contributed by atoms with Crippen LogP contribution >= 0.6 is 0 Å². The summed E-state index contributed by atoms with van der Waals surface area (Å²) in [5, 5.41) is 0. The molecule has 0 bridgehead atoms. The molecule has 1 aromatic carbocycles. The molecule has 0 aliphatic carbocycles. The standard InChI is InChI=1S/C25H42O/c1-3-5-6-7-8-9-10-11-12-13-14-15-16-17-18-23-26-25-21-19-24(4-2)20-22-25/h4,19-22H,2-3,5-18,23H2,1H3. The fraction of sp³-hybridized carbons (Fsp3) is 0.680. The zero-order valence-corrected chi connectivity index (χ0v) is 17.3. The van der Waals surface area contributed by atoms with Gasteiger partial charge in [0, 0.05) is 0 Å². The van der Waals surface area contributed by atoms with Gasteiger partial charge in [0.05, 0.1) is 6.61 Å². The lowest BCUT2D eigenvalue weighted by Crippen LogP contribution is -1.97. The zero-order chi connectivity index (χ0) is 18.7. The van der Waals surface area contributed by atoms with E-state index in [0.717, 1.165) is 17.9 Å². The fourth-order valence-corrected chi connectivity index (χ4v) is 3.36. The Balaban J connectivity index is 1.77. The topological polar surface area (TPSA) is 9.23 Å². The SMILES string of the molecule is C=Cc1ccc(OCCCCCCCCCCCCCCCCC)cc1. The quantitative estimate of drug-likeness (QED) is 0.239. The van der Waals surface area contributed by atoms with E-state index in [4.69, 9.17) is 4.74 Å². The molecule has 0 amide bonds. The first-order valence-electron chi connectivity index (χ1n) is 11.2. The molecule has 148 valence electrons. The van der Waals surface area contributed by atoms with Crippen LogP contribution in [0, 0.1) is 0 Å². The Morgan fingerprint density at radius 1 is 0.654 bits per heavy atom. The van der Waals surface area contributed by atoms with E-state index >= 15 is 0 Å². The van der Waals surface area contributed by atoms with Crippen molar-refractivity contribution in [2.45, 2.75) is 103 Å². The van der Waals surface area contributed by atoms with E-state index in [1.807, 2.05) is 18.2 Å². The van der Waals surface area contributed by atoms with E-state index < -0.39 is 0 Å². The van der Waals surface area contributed by atoms with Crippen LogP contribution in [0.2, 0.25) is 0 Å². The van der Waals surface area contributed by atoms with Gasteiger partial charge in [-0.05, 0) is 24.1 Å². The van der Waals surface area contributed by atoms with E-state index in [1.165, 1.54) is 96.3 Å². The highest BCUT2D eigenvalue weighted by Gasteiger charge is 1.96. The van der Waals surface area contributed by atoms with Crippen molar-refractivity contribution in [3.63, 3.8) is 0 Å². The zero-order valence-electron chi connectivity index (χ0n) is 17.3. The van der Waals surface area contributed by atoms with Crippen molar-refractivity contribution in [2.75, 3.05) is 6.61 Å². The summed E-state index contributed by atoms with van der Waals surface area (Å²) in [6, 6.07) is 8.16. The lowest BCUT2D eigenvalue weighted by atomic mass is 10.0. The van der Waals surface area contributed by atoms with Gasteiger partial charge >= 0.3 is 0 Å². The summed E-state index contributed by atoms with van der Waals surface area (Å²) in [6.45, 7) is 6.90. The maximum absolute atomic E-state index is 5.78. The van der Waals surface area contributed by atoms with Crippen LogP contribution < -0.4 is 4.74 Å². The normalized spacial score (nSPS) is 10.8. The van der Waals surface area contributed by atoms with Crippen molar-refractivity contribution in [1.82, 2.24) is 0 Å². The second-order valence-electron chi connectivity index (χ2n) is 7.57. The minimum absolute atomic E-state index is 0.839. The second-order valence-corrected chi connectivity index (χ2v) is 7.57. The molecule has 0 fully saturated rings. The van der Waals surface area contributed by atoms with E-state index in [1.54, 1.807) is 0 Å². The third kappa shape index (κ3) is 13.0. The molecule has 26 heavy (non-hydrogen) atoms. The maximum Gasteiger partial charge on any atom is 0.119 e. The van der Waals surface area contributed by atoms with Crippen LogP contribution in [-0.2, 0) is 0 Å². The molecule has 0 aliphatic rings. The predicted octanol–water partition coefficient (Wildman–Crippen LogP) is 8.58. The summed E-state index contributed by atoms with van der Waals surface area (Å²) in [7, 11) is 0. The molecule has 0 N–H and O–H groups in total. The van der Waals surface area contributed by atoms with Gasteiger partial charge in [0.2, 0.25) is 0 Å². The van der Waals surface area contributed by atoms with E-state index in [9.17, 15) is 0 Å². The molecule has 0 unspecified atom stereocenters. The van der Waals surface area contributed by atoms with Crippen molar-refractivity contribution in [2.24, 2.45) is 0 Å². The van der Waals surface area contributed by atoms with Crippen molar-refractivity contribution < 1.29 is 4.74 Å². The summed E-state index contributed by atoms with van der Waals surface area (Å²) in [6.07, 6.45) is 22.9. The number of ether oxygens (including phenoxy) is 1. The van der Waals surface area contributed by atoms with Crippen molar-refractivity contribution in [3.8, 4) is 5.75 Å². The summed E-state index contributed by atoms with van der Waals surface area (Å²) < 4.78 is 5.78. The summed E-state index contributed by atoms with van der Waals surface area (Å²) in [5.74, 6) is 0.973. The molecule has 0 saturated carbocycles. The van der Waals surface area contributed by atoms with Gasteiger partial charge in [-0.2, -0.15) is 0 Å². The molecule has 1 rings (SSSR count). The third-order valence-electron chi connectivity index (χ3n) is 5.13. The smallest absolute Gasteiger partial charge is 0.119 e. The van der Waals surface area contributed by atoms with Crippen molar-refractivity contribution in [3.05, 3.63) is 36.4 Å². The van der Waals surface area contributed by atoms with Crippen LogP contribution in [0.3, 0.4) is 0 Å². The monoisotopic (exact) mass is 358 g/mol. The average molecular weight is 359 g/mol. The number of rotatable bonds is 18. The summed E-state index contributed by atoms with van der Waals surface area (Å²) in [4.78, 5) is 0. The molecular formula is C25H42O. The van der Waals surface area contributed by atoms with E-state index in [2.05, 4.69) is 25.6 Å². The van der Waals surface area contributed by atoms with Gasteiger partial charge in [-0.25, -0.2) is 0 Å². The average Bonchev–Trinajstić information content (AvgIpc) is 2.68. The number of hydrogen-bond donors (Lipinski definition) is 0. The van der Waals surface area contributed by atoms with Crippen molar-refractivity contribution >= 4 is 6.08 Å².